The first-order valence-electron chi connectivity index (χ1n) is 2.87. The molecule has 0 aliphatic rings. The van der Waals surface area contributed by atoms with Gasteiger partial charge < -0.3 is 3.53 Å². The summed E-state index contributed by atoms with van der Waals surface area (Å²) in [6, 6.07) is 5.91. The molecule has 1 nitrogen and oxygen atoms in total. The monoisotopic (exact) mass is 267 g/mol. The molecule has 0 saturated carbocycles. The molecule has 0 spiro atoms. The number of hydrogen-bond acceptors (Lipinski definition) is 1. The number of benzene rings is 1. The molecule has 0 radical (unpaired) electrons. The Bertz CT molecular complexity index is 237. The van der Waals surface area contributed by atoms with E-state index in [1.165, 1.54) is 0 Å². The van der Waals surface area contributed by atoms with Gasteiger partial charge in [0.25, 0.3) is 0 Å². The van der Waals surface area contributed by atoms with Gasteiger partial charge in [-0.1, -0.05) is 23.7 Å². The van der Waals surface area contributed by atoms with E-state index in [-0.39, 0.29) is 0 Å². The molecular formula is C7H7ClIN. The second-order valence-corrected chi connectivity index (χ2v) is 2.95. The summed E-state index contributed by atoms with van der Waals surface area (Å²) in [7, 11) is 0. The van der Waals surface area contributed by atoms with E-state index in [1.807, 2.05) is 25.1 Å². The van der Waals surface area contributed by atoms with Gasteiger partial charge in [0, 0.05) is 0 Å². The van der Waals surface area contributed by atoms with Gasteiger partial charge in [0.1, 0.15) is 0 Å². The Labute approximate surface area is 79.3 Å². The Morgan fingerprint density at radius 3 is 2.70 bits per heavy atom. The Hall–Kier alpha value is 0.0400. The standard InChI is InChI=1S/C7H7ClIN/c1-5-3-2-4-6(10-9)7(5)8/h2-4,10H,1H3. The maximum atomic E-state index is 5.93. The highest BCUT2D eigenvalue weighted by atomic mass is 127. The maximum absolute atomic E-state index is 5.93. The average molecular weight is 267 g/mol. The molecule has 3 heteroatoms. The van der Waals surface area contributed by atoms with Crippen LogP contribution in [0.25, 0.3) is 0 Å². The summed E-state index contributed by atoms with van der Waals surface area (Å²) in [4.78, 5) is 0. The predicted octanol–water partition coefficient (Wildman–Crippen LogP) is 3.41. The van der Waals surface area contributed by atoms with Crippen LogP contribution < -0.4 is 3.53 Å². The Kier molecular flexibility index (Phi) is 2.80. The van der Waals surface area contributed by atoms with Gasteiger partial charge in [-0.3, -0.25) is 0 Å². The van der Waals surface area contributed by atoms with Crippen molar-refractivity contribution in [3.05, 3.63) is 28.8 Å². The molecule has 1 N–H and O–H groups in total. The van der Waals surface area contributed by atoms with Crippen molar-refractivity contribution in [3.63, 3.8) is 0 Å². The van der Waals surface area contributed by atoms with Crippen LogP contribution in [0, 0.1) is 6.92 Å². The second-order valence-electron chi connectivity index (χ2n) is 2.03. The van der Waals surface area contributed by atoms with E-state index >= 15 is 0 Å². The third kappa shape index (κ3) is 1.55. The third-order valence-corrected chi connectivity index (χ3v) is 2.38. The van der Waals surface area contributed by atoms with Crippen LogP contribution in [0.15, 0.2) is 18.2 Å². The van der Waals surface area contributed by atoms with Crippen molar-refractivity contribution in [2.45, 2.75) is 6.92 Å². The first-order valence-corrected chi connectivity index (χ1v) is 4.33. The van der Waals surface area contributed by atoms with Crippen molar-refractivity contribution in [2.75, 3.05) is 3.53 Å². The van der Waals surface area contributed by atoms with E-state index in [9.17, 15) is 0 Å². The minimum absolute atomic E-state index is 0.803. The van der Waals surface area contributed by atoms with Gasteiger partial charge in [0.15, 0.2) is 0 Å². The summed E-state index contributed by atoms with van der Waals surface area (Å²) < 4.78 is 2.97. The van der Waals surface area contributed by atoms with Crippen molar-refractivity contribution >= 4 is 40.2 Å². The first kappa shape index (κ1) is 8.14. The lowest BCUT2D eigenvalue weighted by molar-refractivity contribution is 1.48. The molecule has 0 atom stereocenters. The van der Waals surface area contributed by atoms with Crippen LogP contribution in [0.1, 0.15) is 5.56 Å². The fraction of sp³-hybridized carbons (Fsp3) is 0.143. The molecule has 0 bridgehead atoms. The summed E-state index contributed by atoms with van der Waals surface area (Å²) >= 11 is 7.99. The number of anilines is 1. The minimum atomic E-state index is 0.803. The normalized spacial score (nSPS) is 9.50. The van der Waals surface area contributed by atoms with Crippen molar-refractivity contribution in [3.8, 4) is 0 Å². The summed E-state index contributed by atoms with van der Waals surface area (Å²) in [5, 5.41) is 0.803. The first-order chi connectivity index (χ1) is 4.75. The lowest BCUT2D eigenvalue weighted by Crippen LogP contribution is -1.82. The lowest BCUT2D eigenvalue weighted by Gasteiger charge is -2.02. The van der Waals surface area contributed by atoms with Crippen molar-refractivity contribution in [2.24, 2.45) is 0 Å². The minimum Gasteiger partial charge on any atom is -0.327 e. The SMILES string of the molecule is Cc1cccc(NI)c1Cl. The number of rotatable bonds is 1. The van der Waals surface area contributed by atoms with Crippen LogP contribution in [0.4, 0.5) is 5.69 Å². The molecule has 1 aromatic carbocycles. The van der Waals surface area contributed by atoms with E-state index in [1.54, 1.807) is 0 Å². The zero-order valence-corrected chi connectivity index (χ0v) is 8.40. The summed E-state index contributed by atoms with van der Waals surface area (Å²) in [6.07, 6.45) is 0. The van der Waals surface area contributed by atoms with Crippen LogP contribution in [0.3, 0.4) is 0 Å². The highest BCUT2D eigenvalue weighted by molar-refractivity contribution is 14.1. The molecule has 0 aromatic heterocycles. The van der Waals surface area contributed by atoms with Gasteiger partial charge in [-0.15, -0.1) is 0 Å². The van der Waals surface area contributed by atoms with Crippen molar-refractivity contribution in [1.29, 1.82) is 0 Å². The largest absolute Gasteiger partial charge is 0.327 e. The van der Waals surface area contributed by atoms with Crippen molar-refractivity contribution < 1.29 is 0 Å². The molecule has 0 saturated heterocycles. The number of aryl methyl sites for hydroxylation is 1. The van der Waals surface area contributed by atoms with Gasteiger partial charge in [-0.05, 0) is 18.6 Å². The van der Waals surface area contributed by atoms with Gasteiger partial charge >= 0.3 is 0 Å². The molecular weight excluding hydrogens is 260 g/mol. The quantitative estimate of drug-likeness (QED) is 0.607. The summed E-state index contributed by atoms with van der Waals surface area (Å²) in [5.74, 6) is 0. The maximum Gasteiger partial charge on any atom is 0.0673 e. The fourth-order valence-electron chi connectivity index (χ4n) is 0.720. The number of hydrogen-bond donors (Lipinski definition) is 1. The smallest absolute Gasteiger partial charge is 0.0673 e. The highest BCUT2D eigenvalue weighted by Gasteiger charge is 1.98. The molecule has 0 amide bonds. The van der Waals surface area contributed by atoms with Crippen LogP contribution in [-0.2, 0) is 0 Å². The van der Waals surface area contributed by atoms with Gasteiger partial charge in [-0.2, -0.15) is 0 Å². The summed E-state index contributed by atoms with van der Waals surface area (Å²) in [6.45, 7) is 1.99. The fourth-order valence-corrected chi connectivity index (χ4v) is 1.50. The highest BCUT2D eigenvalue weighted by Crippen LogP contribution is 2.25. The van der Waals surface area contributed by atoms with Gasteiger partial charge in [0.05, 0.1) is 33.6 Å². The molecule has 54 valence electrons. The van der Waals surface area contributed by atoms with Crippen LogP contribution in [0.5, 0.6) is 0 Å². The molecule has 0 aliphatic heterocycles. The number of halogens is 2. The van der Waals surface area contributed by atoms with Crippen LogP contribution in [0.2, 0.25) is 5.02 Å². The Balaban J connectivity index is 3.14. The molecule has 1 rings (SSSR count). The molecule has 0 fully saturated rings. The zero-order chi connectivity index (χ0) is 7.56. The van der Waals surface area contributed by atoms with Gasteiger partial charge in [0.2, 0.25) is 0 Å². The zero-order valence-electron chi connectivity index (χ0n) is 5.49. The molecule has 0 heterocycles. The molecule has 10 heavy (non-hydrogen) atoms. The molecule has 0 unspecified atom stereocenters. The predicted molar refractivity (Wildman–Crippen MR) is 53.8 cm³/mol. The lowest BCUT2D eigenvalue weighted by atomic mass is 10.2. The Morgan fingerprint density at radius 2 is 2.20 bits per heavy atom. The van der Waals surface area contributed by atoms with E-state index in [4.69, 9.17) is 11.6 Å². The number of nitrogens with one attached hydrogen (secondary N) is 1. The molecule has 1 aromatic rings. The molecule has 0 aliphatic carbocycles. The van der Waals surface area contributed by atoms with Crippen LogP contribution >= 0.6 is 34.5 Å². The Morgan fingerprint density at radius 1 is 1.50 bits per heavy atom. The van der Waals surface area contributed by atoms with Crippen LogP contribution in [-0.4, -0.2) is 0 Å². The van der Waals surface area contributed by atoms with E-state index < -0.39 is 0 Å². The second kappa shape index (κ2) is 3.44. The third-order valence-electron chi connectivity index (χ3n) is 1.29. The van der Waals surface area contributed by atoms with Crippen molar-refractivity contribution in [1.82, 2.24) is 0 Å². The average Bonchev–Trinajstić information content (AvgIpc) is 1.95. The summed E-state index contributed by atoms with van der Waals surface area (Å²) in [5.41, 5.74) is 2.07. The van der Waals surface area contributed by atoms with E-state index in [2.05, 4.69) is 26.4 Å². The van der Waals surface area contributed by atoms with E-state index in [0.29, 0.717) is 0 Å². The van der Waals surface area contributed by atoms with E-state index in [0.717, 1.165) is 16.3 Å². The van der Waals surface area contributed by atoms with Gasteiger partial charge in [-0.25, -0.2) is 0 Å². The topological polar surface area (TPSA) is 12.0 Å².